The average molecular weight is 263 g/mol. The van der Waals surface area contributed by atoms with Gasteiger partial charge in [0.2, 0.25) is 0 Å². The molecule has 18 heavy (non-hydrogen) atoms. The lowest BCUT2D eigenvalue weighted by Crippen LogP contribution is -1.98. The molecule has 0 radical (unpaired) electrons. The average Bonchev–Trinajstić information content (AvgIpc) is 2.83. The molecule has 0 saturated carbocycles. The summed E-state index contributed by atoms with van der Waals surface area (Å²) in [4.78, 5) is 0. The molecule has 0 saturated heterocycles. The van der Waals surface area contributed by atoms with Crippen molar-refractivity contribution in [3.8, 4) is 0 Å². The van der Waals surface area contributed by atoms with E-state index in [0.717, 1.165) is 29.7 Å². The van der Waals surface area contributed by atoms with E-state index in [-0.39, 0.29) is 5.38 Å². The summed E-state index contributed by atoms with van der Waals surface area (Å²) in [6.07, 6.45) is 3.80. The lowest BCUT2D eigenvalue weighted by atomic mass is 9.97. The van der Waals surface area contributed by atoms with Gasteiger partial charge < -0.3 is 4.42 Å². The molecule has 2 rings (SSSR count). The molecular weight excluding hydrogens is 244 g/mol. The van der Waals surface area contributed by atoms with Gasteiger partial charge in [0.05, 0.1) is 6.26 Å². The van der Waals surface area contributed by atoms with Crippen LogP contribution in [0.15, 0.2) is 34.9 Å². The van der Waals surface area contributed by atoms with Gasteiger partial charge in [-0.3, -0.25) is 0 Å². The fourth-order valence-corrected chi connectivity index (χ4v) is 2.63. The molecule has 0 aliphatic carbocycles. The Labute approximate surface area is 114 Å². The minimum atomic E-state index is -0.198. The van der Waals surface area contributed by atoms with E-state index in [4.69, 9.17) is 16.0 Å². The van der Waals surface area contributed by atoms with Crippen molar-refractivity contribution in [3.05, 3.63) is 58.5 Å². The van der Waals surface area contributed by atoms with E-state index in [1.54, 1.807) is 6.26 Å². The highest BCUT2D eigenvalue weighted by Gasteiger charge is 2.17. The summed E-state index contributed by atoms with van der Waals surface area (Å²) in [7, 11) is 0. The topological polar surface area (TPSA) is 13.1 Å². The molecule has 0 fully saturated rings. The normalized spacial score (nSPS) is 12.7. The van der Waals surface area contributed by atoms with Crippen LogP contribution in [0.5, 0.6) is 0 Å². The van der Waals surface area contributed by atoms with Crippen molar-refractivity contribution in [2.24, 2.45) is 0 Å². The smallest absolute Gasteiger partial charge is 0.128 e. The predicted octanol–water partition coefficient (Wildman–Crippen LogP) is 5.04. The quantitative estimate of drug-likeness (QED) is 0.704. The zero-order chi connectivity index (χ0) is 13.1. The minimum Gasteiger partial charge on any atom is -0.467 e. The van der Waals surface area contributed by atoms with Crippen LogP contribution >= 0.6 is 11.6 Å². The Kier molecular flexibility index (Phi) is 4.13. The Morgan fingerprint density at radius 1 is 1.11 bits per heavy atom. The number of furan rings is 1. The van der Waals surface area contributed by atoms with Gasteiger partial charge in [0.25, 0.3) is 0 Å². The Morgan fingerprint density at radius 3 is 2.39 bits per heavy atom. The van der Waals surface area contributed by atoms with E-state index >= 15 is 0 Å². The van der Waals surface area contributed by atoms with Crippen LogP contribution in [-0.2, 0) is 12.8 Å². The highest BCUT2D eigenvalue weighted by atomic mass is 35.5. The highest BCUT2D eigenvalue weighted by Crippen LogP contribution is 2.32. The molecule has 0 aliphatic rings. The van der Waals surface area contributed by atoms with Gasteiger partial charge in [0.1, 0.15) is 11.1 Å². The van der Waals surface area contributed by atoms with Gasteiger partial charge >= 0.3 is 0 Å². The van der Waals surface area contributed by atoms with Crippen LogP contribution in [0.2, 0.25) is 0 Å². The summed E-state index contributed by atoms with van der Waals surface area (Å²) in [5, 5.41) is -0.198. The second-order valence-electron chi connectivity index (χ2n) is 4.57. The van der Waals surface area contributed by atoms with Crippen LogP contribution in [0.4, 0.5) is 0 Å². The second-order valence-corrected chi connectivity index (χ2v) is 5.00. The van der Waals surface area contributed by atoms with Crippen LogP contribution in [0.1, 0.15) is 47.2 Å². The summed E-state index contributed by atoms with van der Waals surface area (Å²) >= 11 is 6.51. The number of rotatable bonds is 4. The molecule has 1 atom stereocenters. The van der Waals surface area contributed by atoms with Gasteiger partial charge in [0, 0.05) is 0 Å². The van der Waals surface area contributed by atoms with E-state index in [1.807, 2.05) is 13.0 Å². The molecule has 0 amide bonds. The molecule has 1 nitrogen and oxygen atoms in total. The Hall–Kier alpha value is -1.21. The third-order valence-electron chi connectivity index (χ3n) is 3.42. The molecule has 1 heterocycles. The summed E-state index contributed by atoms with van der Waals surface area (Å²) in [6, 6.07) is 8.45. The summed E-state index contributed by atoms with van der Waals surface area (Å²) in [6.45, 7) is 6.39. The van der Waals surface area contributed by atoms with E-state index in [0.29, 0.717) is 0 Å². The van der Waals surface area contributed by atoms with Crippen molar-refractivity contribution >= 4 is 11.6 Å². The first-order valence-electron chi connectivity index (χ1n) is 6.47. The number of benzene rings is 1. The predicted molar refractivity (Wildman–Crippen MR) is 76.3 cm³/mol. The molecular formula is C16H19ClO. The summed E-state index contributed by atoms with van der Waals surface area (Å²) < 4.78 is 5.48. The van der Waals surface area contributed by atoms with Gasteiger partial charge in [-0.05, 0) is 48.1 Å². The molecule has 96 valence electrons. The van der Waals surface area contributed by atoms with E-state index < -0.39 is 0 Å². The van der Waals surface area contributed by atoms with Gasteiger partial charge in [-0.1, -0.05) is 32.0 Å². The Balaban J connectivity index is 2.37. The number of halogens is 1. The van der Waals surface area contributed by atoms with E-state index in [9.17, 15) is 0 Å². The number of hydrogen-bond donors (Lipinski definition) is 0. The Bertz CT molecular complexity index is 528. The lowest BCUT2D eigenvalue weighted by molar-refractivity contribution is 0.513. The zero-order valence-electron chi connectivity index (χ0n) is 11.2. The molecule has 0 N–H and O–H groups in total. The fourth-order valence-electron chi connectivity index (χ4n) is 2.27. The van der Waals surface area contributed by atoms with Crippen molar-refractivity contribution < 1.29 is 4.42 Å². The molecule has 1 unspecified atom stereocenters. The fraction of sp³-hybridized carbons (Fsp3) is 0.375. The van der Waals surface area contributed by atoms with Crippen LogP contribution in [0.25, 0.3) is 0 Å². The molecule has 1 aromatic carbocycles. The number of hydrogen-bond acceptors (Lipinski definition) is 1. The third-order valence-corrected chi connectivity index (χ3v) is 3.87. The molecule has 0 aliphatic heterocycles. The van der Waals surface area contributed by atoms with Crippen LogP contribution in [0, 0.1) is 6.92 Å². The van der Waals surface area contributed by atoms with Crippen LogP contribution < -0.4 is 0 Å². The number of aryl methyl sites for hydroxylation is 3. The number of alkyl halides is 1. The van der Waals surface area contributed by atoms with Crippen LogP contribution in [0.3, 0.4) is 0 Å². The summed E-state index contributed by atoms with van der Waals surface area (Å²) in [5.74, 6) is 0.850. The molecule has 0 spiro atoms. The molecule has 0 bridgehead atoms. The van der Waals surface area contributed by atoms with E-state index in [2.05, 4.69) is 32.0 Å². The van der Waals surface area contributed by atoms with Crippen molar-refractivity contribution in [3.63, 3.8) is 0 Å². The van der Waals surface area contributed by atoms with Gasteiger partial charge in [0.15, 0.2) is 0 Å². The second kappa shape index (κ2) is 5.62. The maximum absolute atomic E-state index is 6.51. The molecule has 2 heteroatoms. The van der Waals surface area contributed by atoms with Crippen molar-refractivity contribution in [2.45, 2.75) is 39.0 Å². The molecule has 2 aromatic rings. The van der Waals surface area contributed by atoms with E-state index in [1.165, 1.54) is 11.1 Å². The van der Waals surface area contributed by atoms with Crippen molar-refractivity contribution in [1.82, 2.24) is 0 Å². The van der Waals surface area contributed by atoms with Gasteiger partial charge in [-0.25, -0.2) is 0 Å². The van der Waals surface area contributed by atoms with Gasteiger partial charge in [-0.2, -0.15) is 0 Å². The minimum absolute atomic E-state index is 0.198. The van der Waals surface area contributed by atoms with Crippen LogP contribution in [-0.4, -0.2) is 0 Å². The van der Waals surface area contributed by atoms with Crippen molar-refractivity contribution in [1.29, 1.82) is 0 Å². The Morgan fingerprint density at radius 2 is 1.83 bits per heavy atom. The SMILES string of the molecule is CCc1ccc(C(Cl)c2occc2C)cc1CC. The maximum atomic E-state index is 6.51. The monoisotopic (exact) mass is 262 g/mol. The first-order chi connectivity index (χ1) is 8.67. The first-order valence-corrected chi connectivity index (χ1v) is 6.90. The maximum Gasteiger partial charge on any atom is 0.128 e. The van der Waals surface area contributed by atoms with Crippen molar-refractivity contribution in [2.75, 3.05) is 0 Å². The molecule has 1 aromatic heterocycles. The first kappa shape index (κ1) is 13.2. The van der Waals surface area contributed by atoms with Gasteiger partial charge in [-0.15, -0.1) is 11.6 Å². The summed E-state index contributed by atoms with van der Waals surface area (Å²) in [5.41, 5.74) is 5.00. The standard InChI is InChI=1S/C16H19ClO/c1-4-12-6-7-14(10-13(12)5-2)15(17)16-11(3)8-9-18-16/h6-10,15H,4-5H2,1-3H3. The zero-order valence-corrected chi connectivity index (χ0v) is 11.9. The third kappa shape index (κ3) is 2.46. The highest BCUT2D eigenvalue weighted by molar-refractivity contribution is 6.22. The largest absolute Gasteiger partial charge is 0.467 e. The lowest BCUT2D eigenvalue weighted by Gasteiger charge is -2.12.